The minimum Gasteiger partial charge on any atom is -0.480 e. The SMILES string of the molecule is O=C(NCc1nc(C2(C(=O)O)CC2)no1)OCC1c2ccccc2-c2ccccc21. The molecule has 1 amide bonds. The lowest BCUT2D eigenvalue weighted by Gasteiger charge is -2.14. The third-order valence-corrected chi connectivity index (χ3v) is 5.78. The van der Waals surface area contributed by atoms with Crippen LogP contribution in [0.1, 0.15) is 41.6 Å². The minimum absolute atomic E-state index is 0.0246. The summed E-state index contributed by atoms with van der Waals surface area (Å²) in [6.45, 7) is 0.177. The van der Waals surface area contributed by atoms with Crippen molar-refractivity contribution in [2.45, 2.75) is 30.7 Å². The molecule has 8 heteroatoms. The van der Waals surface area contributed by atoms with Crippen LogP contribution in [0.5, 0.6) is 0 Å². The fourth-order valence-electron chi connectivity index (χ4n) is 3.98. The van der Waals surface area contributed by atoms with Crippen molar-refractivity contribution in [1.29, 1.82) is 0 Å². The Morgan fingerprint density at radius 2 is 1.73 bits per heavy atom. The predicted molar refractivity (Wildman–Crippen MR) is 105 cm³/mol. The molecule has 3 aromatic rings. The van der Waals surface area contributed by atoms with Crippen LogP contribution in [-0.4, -0.2) is 33.9 Å². The third-order valence-electron chi connectivity index (χ3n) is 5.78. The molecule has 30 heavy (non-hydrogen) atoms. The molecule has 0 radical (unpaired) electrons. The van der Waals surface area contributed by atoms with E-state index in [1.165, 1.54) is 0 Å². The van der Waals surface area contributed by atoms with Crippen LogP contribution in [0.2, 0.25) is 0 Å². The number of carbonyl (C=O) groups is 2. The van der Waals surface area contributed by atoms with Crippen molar-refractivity contribution in [2.75, 3.05) is 6.61 Å². The van der Waals surface area contributed by atoms with Crippen LogP contribution < -0.4 is 5.32 Å². The Bertz CT molecular complexity index is 1090. The van der Waals surface area contributed by atoms with Crippen LogP contribution in [-0.2, 0) is 21.5 Å². The first kappa shape index (κ1) is 18.4. The molecule has 2 aliphatic rings. The van der Waals surface area contributed by atoms with E-state index in [1.807, 2.05) is 24.3 Å². The van der Waals surface area contributed by atoms with E-state index in [1.54, 1.807) is 0 Å². The summed E-state index contributed by atoms with van der Waals surface area (Å²) in [5.74, 6) is -0.687. The maximum Gasteiger partial charge on any atom is 0.407 e. The number of carboxylic acid groups (broad SMARTS) is 1. The summed E-state index contributed by atoms with van der Waals surface area (Å²) < 4.78 is 10.5. The molecular formula is C22H19N3O5. The number of nitrogens with one attached hydrogen (secondary N) is 1. The summed E-state index contributed by atoms with van der Waals surface area (Å²) >= 11 is 0. The third kappa shape index (κ3) is 3.01. The van der Waals surface area contributed by atoms with Gasteiger partial charge in [-0.15, -0.1) is 0 Å². The van der Waals surface area contributed by atoms with Gasteiger partial charge in [0.2, 0.25) is 5.89 Å². The van der Waals surface area contributed by atoms with Gasteiger partial charge < -0.3 is 19.7 Å². The van der Waals surface area contributed by atoms with Crippen molar-refractivity contribution in [1.82, 2.24) is 15.5 Å². The Morgan fingerprint density at radius 1 is 1.10 bits per heavy atom. The monoisotopic (exact) mass is 405 g/mol. The molecule has 0 atom stereocenters. The first-order valence-corrected chi connectivity index (χ1v) is 9.74. The molecule has 1 saturated carbocycles. The number of alkyl carbamates (subject to hydrolysis) is 1. The van der Waals surface area contributed by atoms with E-state index < -0.39 is 17.5 Å². The molecule has 0 saturated heterocycles. The van der Waals surface area contributed by atoms with Crippen LogP contribution in [0, 0.1) is 0 Å². The number of fused-ring (bicyclic) bond motifs is 3. The number of hydrogen-bond donors (Lipinski definition) is 2. The molecule has 0 bridgehead atoms. The Morgan fingerprint density at radius 3 is 2.33 bits per heavy atom. The summed E-state index contributed by atoms with van der Waals surface area (Å²) in [5.41, 5.74) is 3.56. The Labute approximate surface area is 171 Å². The van der Waals surface area contributed by atoms with Crippen molar-refractivity contribution in [3.05, 3.63) is 71.4 Å². The maximum absolute atomic E-state index is 12.2. The highest BCUT2D eigenvalue weighted by Gasteiger charge is 2.55. The number of rotatable bonds is 6. The first-order chi connectivity index (χ1) is 14.6. The number of carbonyl (C=O) groups excluding carboxylic acids is 1. The molecule has 2 aromatic carbocycles. The van der Waals surface area contributed by atoms with Gasteiger partial charge in [-0.05, 0) is 35.1 Å². The molecule has 5 rings (SSSR count). The van der Waals surface area contributed by atoms with E-state index >= 15 is 0 Å². The zero-order chi connectivity index (χ0) is 20.7. The van der Waals surface area contributed by atoms with E-state index in [2.05, 4.69) is 39.7 Å². The van der Waals surface area contributed by atoms with Crippen LogP contribution in [0.3, 0.4) is 0 Å². The number of carboxylic acids is 1. The fourth-order valence-corrected chi connectivity index (χ4v) is 3.98. The van der Waals surface area contributed by atoms with Crippen molar-refractivity contribution < 1.29 is 24.0 Å². The van der Waals surface area contributed by atoms with Gasteiger partial charge in [0.1, 0.15) is 18.6 Å². The lowest BCUT2D eigenvalue weighted by atomic mass is 9.98. The summed E-state index contributed by atoms with van der Waals surface area (Å²) in [7, 11) is 0. The average Bonchev–Trinajstić information content (AvgIpc) is 3.34. The van der Waals surface area contributed by atoms with Gasteiger partial charge in [-0.25, -0.2) is 4.79 Å². The van der Waals surface area contributed by atoms with Crippen molar-refractivity contribution in [2.24, 2.45) is 0 Å². The lowest BCUT2D eigenvalue weighted by Crippen LogP contribution is -2.26. The topological polar surface area (TPSA) is 115 Å². The second-order valence-electron chi connectivity index (χ2n) is 7.58. The van der Waals surface area contributed by atoms with Gasteiger partial charge >= 0.3 is 12.1 Å². The molecular weight excluding hydrogens is 386 g/mol. The van der Waals surface area contributed by atoms with Gasteiger partial charge in [-0.2, -0.15) is 4.98 Å². The second-order valence-corrected chi connectivity index (χ2v) is 7.58. The predicted octanol–water partition coefficient (Wildman–Crippen LogP) is 3.22. The second kappa shape index (κ2) is 6.98. The Balaban J connectivity index is 1.21. The molecule has 152 valence electrons. The van der Waals surface area contributed by atoms with Gasteiger partial charge in [0.15, 0.2) is 5.82 Å². The number of amides is 1. The lowest BCUT2D eigenvalue weighted by molar-refractivity contribution is -0.140. The summed E-state index contributed by atoms with van der Waals surface area (Å²) in [5, 5.41) is 15.6. The smallest absolute Gasteiger partial charge is 0.407 e. The summed E-state index contributed by atoms with van der Waals surface area (Å²) in [6, 6.07) is 16.2. The standard InChI is InChI=1S/C22H19N3O5/c26-20(27)22(9-10-22)19-24-18(30-25-19)11-23-21(28)29-12-17-15-7-3-1-5-13(15)14-6-2-4-8-16(14)17/h1-8,17H,9-12H2,(H,23,28)(H,26,27). The molecule has 1 fully saturated rings. The van der Waals surface area contributed by atoms with E-state index in [9.17, 15) is 14.7 Å². The molecule has 2 aliphatic carbocycles. The van der Waals surface area contributed by atoms with E-state index in [0.29, 0.717) is 12.8 Å². The van der Waals surface area contributed by atoms with Crippen molar-refractivity contribution >= 4 is 12.1 Å². The van der Waals surface area contributed by atoms with E-state index in [0.717, 1.165) is 22.3 Å². The largest absolute Gasteiger partial charge is 0.480 e. The zero-order valence-electron chi connectivity index (χ0n) is 16.0. The van der Waals surface area contributed by atoms with Crippen LogP contribution in [0.25, 0.3) is 11.1 Å². The highest BCUT2D eigenvalue weighted by atomic mass is 16.5. The number of nitrogens with zero attached hydrogens (tertiary/aromatic N) is 2. The maximum atomic E-state index is 12.2. The van der Waals surface area contributed by atoms with E-state index in [-0.39, 0.29) is 30.8 Å². The highest BCUT2D eigenvalue weighted by molar-refractivity contribution is 5.83. The van der Waals surface area contributed by atoms with Crippen LogP contribution >= 0.6 is 0 Å². The minimum atomic E-state index is -1.04. The highest BCUT2D eigenvalue weighted by Crippen LogP contribution is 2.47. The van der Waals surface area contributed by atoms with Gasteiger partial charge in [0, 0.05) is 5.92 Å². The van der Waals surface area contributed by atoms with Crippen LogP contribution in [0.4, 0.5) is 4.79 Å². The van der Waals surface area contributed by atoms with Crippen molar-refractivity contribution in [3.8, 4) is 11.1 Å². The number of ether oxygens (including phenoxy) is 1. The number of hydrogen-bond acceptors (Lipinski definition) is 6. The average molecular weight is 405 g/mol. The molecule has 1 aromatic heterocycles. The van der Waals surface area contributed by atoms with Gasteiger partial charge in [-0.3, -0.25) is 4.79 Å². The molecule has 2 N–H and O–H groups in total. The molecule has 0 aliphatic heterocycles. The molecule has 0 spiro atoms. The van der Waals surface area contributed by atoms with Gasteiger partial charge in [-0.1, -0.05) is 53.7 Å². The summed E-state index contributed by atoms with van der Waals surface area (Å²) in [6.07, 6.45) is 0.373. The number of aromatic nitrogens is 2. The molecule has 0 unspecified atom stereocenters. The van der Waals surface area contributed by atoms with Crippen molar-refractivity contribution in [3.63, 3.8) is 0 Å². The van der Waals surface area contributed by atoms with Gasteiger partial charge in [0.05, 0.1) is 0 Å². The van der Waals surface area contributed by atoms with Crippen LogP contribution in [0.15, 0.2) is 53.1 Å². The Hall–Kier alpha value is -3.68. The molecule has 8 nitrogen and oxygen atoms in total. The summed E-state index contributed by atoms with van der Waals surface area (Å²) in [4.78, 5) is 27.6. The van der Waals surface area contributed by atoms with Gasteiger partial charge in [0.25, 0.3) is 0 Å². The first-order valence-electron chi connectivity index (χ1n) is 9.74. The quantitative estimate of drug-likeness (QED) is 0.647. The number of aliphatic carboxylic acids is 1. The normalized spacial score (nSPS) is 15.9. The van der Waals surface area contributed by atoms with E-state index in [4.69, 9.17) is 9.26 Å². The Kier molecular flexibility index (Phi) is 4.27. The fraction of sp³-hybridized carbons (Fsp3) is 0.273. The molecule has 1 heterocycles. The number of benzene rings is 2. The zero-order valence-corrected chi connectivity index (χ0v) is 16.0.